The molecule has 0 aliphatic carbocycles. The third kappa shape index (κ3) is 6.96. The van der Waals surface area contributed by atoms with Gasteiger partial charge in [0.15, 0.2) is 0 Å². The van der Waals surface area contributed by atoms with Crippen molar-refractivity contribution in [1.29, 1.82) is 0 Å². The van der Waals surface area contributed by atoms with Crippen molar-refractivity contribution in [1.82, 2.24) is 4.90 Å². The van der Waals surface area contributed by atoms with E-state index < -0.39 is 0 Å². The summed E-state index contributed by atoms with van der Waals surface area (Å²) >= 11 is 0. The average Bonchev–Trinajstić information content (AvgIpc) is 3.02. The van der Waals surface area contributed by atoms with Crippen molar-refractivity contribution in [2.75, 3.05) is 54.9 Å². The maximum atomic E-state index is 13.5. The van der Waals surface area contributed by atoms with Gasteiger partial charge in [0.05, 0.1) is 11.4 Å². The van der Waals surface area contributed by atoms with E-state index in [1.807, 2.05) is 79.8 Å². The van der Waals surface area contributed by atoms with Crippen molar-refractivity contribution in [2.24, 2.45) is 0 Å². The molecule has 0 atom stereocenters. The predicted octanol–water partition coefficient (Wildman–Crippen LogP) is 6.84. The molecule has 1 fully saturated rings. The smallest absolute Gasteiger partial charge is 0.258 e. The lowest BCUT2D eigenvalue weighted by atomic mass is 9.99. The van der Waals surface area contributed by atoms with Gasteiger partial charge in [-0.25, -0.2) is 0 Å². The molecule has 5 rings (SSSR count). The molecule has 1 N–H and O–H groups in total. The van der Waals surface area contributed by atoms with Gasteiger partial charge in [-0.05, 0) is 66.6 Å². The molecular formula is C34H37ClN4O2. The number of benzene rings is 4. The Kier molecular flexibility index (Phi) is 10.2. The maximum absolute atomic E-state index is 13.5. The first kappa shape index (κ1) is 29.8. The second-order valence-corrected chi connectivity index (χ2v) is 10.1. The SMILES string of the molecule is CCCN1CCN(c2ccccc2N(C)C(=O)c2ccc(NC(=O)c3ccccc3-c3ccccc3)cc2)CC1.Cl. The standard InChI is InChI=1S/C34H36N4O2.ClH/c1-3-21-37-22-24-38(25-23-37)32-16-10-9-15-31(32)36(2)34(40)27-17-19-28(20-18-27)35-33(39)30-14-8-7-13-29(30)26-11-5-4-6-12-26;/h4-20H,3,21-25H2,1-2H3,(H,35,39);1H. The summed E-state index contributed by atoms with van der Waals surface area (Å²) < 4.78 is 0. The molecule has 0 radical (unpaired) electrons. The fourth-order valence-electron chi connectivity index (χ4n) is 5.29. The number of hydrogen-bond donors (Lipinski definition) is 1. The van der Waals surface area contributed by atoms with Gasteiger partial charge in [0.25, 0.3) is 11.8 Å². The molecule has 1 saturated heterocycles. The van der Waals surface area contributed by atoms with Crippen molar-refractivity contribution in [3.05, 3.63) is 114 Å². The Morgan fingerprint density at radius 2 is 1.41 bits per heavy atom. The minimum absolute atomic E-state index is 0. The van der Waals surface area contributed by atoms with Gasteiger partial charge in [-0.1, -0.05) is 67.6 Å². The number of carbonyl (C=O) groups excluding carboxylic acids is 2. The second-order valence-electron chi connectivity index (χ2n) is 10.1. The average molecular weight is 569 g/mol. The van der Waals surface area contributed by atoms with Crippen molar-refractivity contribution in [3.8, 4) is 11.1 Å². The fraction of sp³-hybridized carbons (Fsp3) is 0.235. The number of hydrogen-bond acceptors (Lipinski definition) is 4. The van der Waals surface area contributed by atoms with Gasteiger partial charge in [-0.2, -0.15) is 0 Å². The molecule has 6 nitrogen and oxygen atoms in total. The van der Waals surface area contributed by atoms with Crippen LogP contribution < -0.4 is 15.1 Å². The van der Waals surface area contributed by atoms with E-state index in [0.29, 0.717) is 16.8 Å². The first-order chi connectivity index (χ1) is 19.5. The molecule has 7 heteroatoms. The lowest BCUT2D eigenvalue weighted by molar-refractivity contribution is 0.0991. The van der Waals surface area contributed by atoms with E-state index in [9.17, 15) is 9.59 Å². The van der Waals surface area contributed by atoms with Crippen molar-refractivity contribution >= 4 is 41.3 Å². The van der Waals surface area contributed by atoms with E-state index in [1.54, 1.807) is 29.2 Å². The van der Waals surface area contributed by atoms with Crippen LogP contribution in [0.2, 0.25) is 0 Å². The highest BCUT2D eigenvalue weighted by Gasteiger charge is 2.22. The minimum Gasteiger partial charge on any atom is -0.367 e. The summed E-state index contributed by atoms with van der Waals surface area (Å²) in [5.74, 6) is -0.284. The van der Waals surface area contributed by atoms with Crippen LogP contribution in [0.4, 0.5) is 17.1 Å². The van der Waals surface area contributed by atoms with Gasteiger partial charge in [-0.3, -0.25) is 14.5 Å². The highest BCUT2D eigenvalue weighted by Crippen LogP contribution is 2.31. The summed E-state index contributed by atoms with van der Waals surface area (Å²) in [7, 11) is 1.82. The van der Waals surface area contributed by atoms with E-state index >= 15 is 0 Å². The lowest BCUT2D eigenvalue weighted by Gasteiger charge is -2.37. The van der Waals surface area contributed by atoms with E-state index in [1.165, 1.54) is 0 Å². The van der Waals surface area contributed by atoms with Gasteiger partial charge in [0.2, 0.25) is 0 Å². The van der Waals surface area contributed by atoms with Crippen molar-refractivity contribution in [2.45, 2.75) is 13.3 Å². The number of piperazine rings is 1. The van der Waals surface area contributed by atoms with E-state index in [2.05, 4.69) is 28.1 Å². The topological polar surface area (TPSA) is 55.9 Å². The first-order valence-corrected chi connectivity index (χ1v) is 14.0. The fourth-order valence-corrected chi connectivity index (χ4v) is 5.29. The minimum atomic E-state index is -0.191. The number of nitrogens with one attached hydrogen (secondary N) is 1. The number of carbonyl (C=O) groups is 2. The Labute approximate surface area is 249 Å². The second kappa shape index (κ2) is 14.0. The van der Waals surface area contributed by atoms with Gasteiger partial charge in [0, 0.05) is 50.0 Å². The van der Waals surface area contributed by atoms with Gasteiger partial charge >= 0.3 is 0 Å². The number of para-hydroxylation sites is 2. The highest BCUT2D eigenvalue weighted by molar-refractivity contribution is 6.10. The van der Waals surface area contributed by atoms with Gasteiger partial charge < -0.3 is 15.1 Å². The van der Waals surface area contributed by atoms with Crippen LogP contribution in [-0.4, -0.2) is 56.5 Å². The zero-order valence-corrected chi connectivity index (χ0v) is 24.4. The molecule has 0 saturated carbocycles. The van der Waals surface area contributed by atoms with Gasteiger partial charge in [0.1, 0.15) is 0 Å². The number of nitrogens with zero attached hydrogens (tertiary/aromatic N) is 3. The monoisotopic (exact) mass is 568 g/mol. The number of anilines is 3. The number of amides is 2. The summed E-state index contributed by atoms with van der Waals surface area (Å²) in [6, 6.07) is 32.6. The Bertz CT molecular complexity index is 1450. The van der Waals surface area contributed by atoms with E-state index in [0.717, 1.165) is 61.6 Å². The van der Waals surface area contributed by atoms with Crippen LogP contribution >= 0.6 is 12.4 Å². The van der Waals surface area contributed by atoms with E-state index in [4.69, 9.17) is 0 Å². The zero-order chi connectivity index (χ0) is 27.9. The predicted molar refractivity (Wildman–Crippen MR) is 172 cm³/mol. The highest BCUT2D eigenvalue weighted by atomic mass is 35.5. The van der Waals surface area contributed by atoms with Crippen molar-refractivity contribution in [3.63, 3.8) is 0 Å². The molecule has 0 aromatic heterocycles. The van der Waals surface area contributed by atoms with Crippen LogP contribution in [0.1, 0.15) is 34.1 Å². The Balaban J connectivity index is 0.00000387. The summed E-state index contributed by atoms with van der Waals surface area (Å²) in [6.07, 6.45) is 1.16. The van der Waals surface area contributed by atoms with Crippen LogP contribution in [0.15, 0.2) is 103 Å². The normalized spacial score (nSPS) is 13.3. The Hall–Kier alpha value is -4.13. The molecular weight excluding hydrogens is 532 g/mol. The number of rotatable bonds is 8. The van der Waals surface area contributed by atoms with Crippen LogP contribution in [0, 0.1) is 0 Å². The molecule has 0 unspecified atom stereocenters. The first-order valence-electron chi connectivity index (χ1n) is 14.0. The summed E-state index contributed by atoms with van der Waals surface area (Å²) in [5, 5.41) is 2.99. The molecule has 1 heterocycles. The molecule has 1 aliphatic rings. The largest absolute Gasteiger partial charge is 0.367 e. The van der Waals surface area contributed by atoms with Crippen LogP contribution in [0.5, 0.6) is 0 Å². The van der Waals surface area contributed by atoms with Crippen molar-refractivity contribution < 1.29 is 9.59 Å². The summed E-state index contributed by atoms with van der Waals surface area (Å²) in [5.41, 5.74) is 5.63. The molecule has 212 valence electrons. The van der Waals surface area contributed by atoms with Crippen LogP contribution in [-0.2, 0) is 0 Å². The summed E-state index contributed by atoms with van der Waals surface area (Å²) in [6.45, 7) is 7.30. The number of halogens is 1. The molecule has 4 aromatic rings. The maximum Gasteiger partial charge on any atom is 0.258 e. The molecule has 2 amide bonds. The van der Waals surface area contributed by atoms with E-state index in [-0.39, 0.29) is 24.2 Å². The third-order valence-corrected chi connectivity index (χ3v) is 7.45. The third-order valence-electron chi connectivity index (χ3n) is 7.45. The summed E-state index contributed by atoms with van der Waals surface area (Å²) in [4.78, 5) is 33.2. The molecule has 1 aliphatic heterocycles. The van der Waals surface area contributed by atoms with Gasteiger partial charge in [-0.15, -0.1) is 12.4 Å². The molecule has 0 spiro atoms. The molecule has 4 aromatic carbocycles. The zero-order valence-electron chi connectivity index (χ0n) is 23.6. The quantitative estimate of drug-likeness (QED) is 0.253. The van der Waals surface area contributed by atoms with Crippen LogP contribution in [0.3, 0.4) is 0 Å². The molecule has 0 bridgehead atoms. The lowest BCUT2D eigenvalue weighted by Crippen LogP contribution is -2.47. The molecule has 41 heavy (non-hydrogen) atoms. The Morgan fingerprint density at radius 1 is 0.780 bits per heavy atom. The van der Waals surface area contributed by atoms with Crippen LogP contribution in [0.25, 0.3) is 11.1 Å². The Morgan fingerprint density at radius 3 is 2.12 bits per heavy atom.